The maximum absolute atomic E-state index is 2.42. The molecule has 0 spiro atoms. The molecular formula is C19H18. The number of hydrogen-bond acceptors (Lipinski definition) is 0. The Labute approximate surface area is 114 Å². The van der Waals surface area contributed by atoms with Crippen LogP contribution in [0.25, 0.3) is 21.5 Å². The fourth-order valence-corrected chi connectivity index (χ4v) is 3.64. The molecule has 0 N–H and O–H groups in total. The zero-order chi connectivity index (χ0) is 13.0. The third-order valence-corrected chi connectivity index (χ3v) is 4.60. The van der Waals surface area contributed by atoms with Gasteiger partial charge in [-0.2, -0.15) is 0 Å². The molecule has 0 heteroatoms. The standard InChI is InChI=1S/C19H18/c1-3-13-10-15-8-7-14-5-4-6-17-12(2)9-16(11-13)18(15)19(14)17/h4-8,10-12H,3,9H2,1-2H3. The first-order valence-electron chi connectivity index (χ1n) is 7.25. The Bertz CT molecular complexity index is 796. The average Bonchev–Trinajstić information content (AvgIpc) is 2.45. The molecule has 0 nitrogen and oxygen atoms in total. The summed E-state index contributed by atoms with van der Waals surface area (Å²) in [5.41, 5.74) is 4.54. The molecule has 0 radical (unpaired) electrons. The third-order valence-electron chi connectivity index (χ3n) is 4.60. The summed E-state index contributed by atoms with van der Waals surface area (Å²) in [6.45, 7) is 4.60. The molecule has 3 aromatic carbocycles. The summed E-state index contributed by atoms with van der Waals surface area (Å²) in [6.07, 6.45) is 2.30. The Hall–Kier alpha value is -1.82. The first-order valence-corrected chi connectivity index (χ1v) is 7.25. The summed E-state index contributed by atoms with van der Waals surface area (Å²) < 4.78 is 0. The number of rotatable bonds is 1. The predicted octanol–water partition coefficient (Wildman–Crippen LogP) is 5.22. The lowest BCUT2D eigenvalue weighted by Crippen LogP contribution is -2.06. The largest absolute Gasteiger partial charge is 0.0613 e. The van der Waals surface area contributed by atoms with Gasteiger partial charge in [-0.05, 0) is 57.0 Å². The molecule has 0 saturated carbocycles. The predicted molar refractivity (Wildman–Crippen MR) is 83.0 cm³/mol. The van der Waals surface area contributed by atoms with Gasteiger partial charge in [-0.1, -0.05) is 56.3 Å². The zero-order valence-corrected chi connectivity index (χ0v) is 11.5. The molecule has 0 saturated heterocycles. The van der Waals surface area contributed by atoms with E-state index >= 15 is 0 Å². The van der Waals surface area contributed by atoms with E-state index < -0.39 is 0 Å². The van der Waals surface area contributed by atoms with Crippen molar-refractivity contribution in [3.63, 3.8) is 0 Å². The van der Waals surface area contributed by atoms with Crippen molar-refractivity contribution < 1.29 is 0 Å². The number of aryl methyl sites for hydroxylation is 1. The van der Waals surface area contributed by atoms with Gasteiger partial charge in [0.05, 0.1) is 0 Å². The Morgan fingerprint density at radius 1 is 1.00 bits per heavy atom. The molecule has 1 atom stereocenters. The first-order chi connectivity index (χ1) is 9.28. The van der Waals surface area contributed by atoms with E-state index in [1.807, 2.05) is 0 Å². The lowest BCUT2D eigenvalue weighted by atomic mass is 9.80. The van der Waals surface area contributed by atoms with Crippen LogP contribution in [0.15, 0.2) is 42.5 Å². The summed E-state index contributed by atoms with van der Waals surface area (Å²) >= 11 is 0. The lowest BCUT2D eigenvalue weighted by molar-refractivity contribution is 0.762. The van der Waals surface area contributed by atoms with E-state index in [0.717, 1.165) is 6.42 Å². The molecule has 0 amide bonds. The molecule has 0 fully saturated rings. The summed E-state index contributed by atoms with van der Waals surface area (Å²) in [7, 11) is 0. The number of hydrogen-bond donors (Lipinski definition) is 0. The lowest BCUT2D eigenvalue weighted by Gasteiger charge is -2.24. The van der Waals surface area contributed by atoms with E-state index in [9.17, 15) is 0 Å². The van der Waals surface area contributed by atoms with Crippen LogP contribution < -0.4 is 0 Å². The molecule has 0 bridgehead atoms. The zero-order valence-electron chi connectivity index (χ0n) is 11.5. The van der Waals surface area contributed by atoms with E-state index in [1.165, 1.54) is 39.1 Å². The average molecular weight is 246 g/mol. The van der Waals surface area contributed by atoms with Crippen LogP contribution in [0.5, 0.6) is 0 Å². The van der Waals surface area contributed by atoms with Gasteiger partial charge in [0.25, 0.3) is 0 Å². The van der Waals surface area contributed by atoms with Gasteiger partial charge in [-0.25, -0.2) is 0 Å². The van der Waals surface area contributed by atoms with E-state index in [4.69, 9.17) is 0 Å². The van der Waals surface area contributed by atoms with Gasteiger partial charge in [0.2, 0.25) is 0 Å². The maximum Gasteiger partial charge on any atom is -0.00677 e. The van der Waals surface area contributed by atoms with Gasteiger partial charge in [0.15, 0.2) is 0 Å². The van der Waals surface area contributed by atoms with Gasteiger partial charge in [-0.3, -0.25) is 0 Å². The number of benzene rings is 3. The van der Waals surface area contributed by atoms with Crippen LogP contribution >= 0.6 is 0 Å². The van der Waals surface area contributed by atoms with Crippen molar-refractivity contribution in [3.05, 3.63) is 59.2 Å². The molecule has 1 aliphatic rings. The Kier molecular flexibility index (Phi) is 2.23. The van der Waals surface area contributed by atoms with Crippen LogP contribution in [0.2, 0.25) is 0 Å². The molecule has 1 aliphatic carbocycles. The minimum absolute atomic E-state index is 0.633. The fourth-order valence-electron chi connectivity index (χ4n) is 3.64. The SMILES string of the molecule is CCc1cc2c3c(ccc4cccc(c43)C(C)C2)c1. The van der Waals surface area contributed by atoms with E-state index in [0.29, 0.717) is 5.92 Å². The van der Waals surface area contributed by atoms with E-state index in [2.05, 4.69) is 56.3 Å². The van der Waals surface area contributed by atoms with E-state index in [1.54, 1.807) is 5.56 Å². The monoisotopic (exact) mass is 246 g/mol. The van der Waals surface area contributed by atoms with Crippen LogP contribution in [0.4, 0.5) is 0 Å². The van der Waals surface area contributed by atoms with Crippen molar-refractivity contribution in [2.45, 2.75) is 32.6 Å². The second kappa shape index (κ2) is 3.84. The van der Waals surface area contributed by atoms with Crippen LogP contribution in [0.3, 0.4) is 0 Å². The van der Waals surface area contributed by atoms with Crippen molar-refractivity contribution >= 4 is 21.5 Å². The molecule has 0 aliphatic heterocycles. The molecule has 0 heterocycles. The molecular weight excluding hydrogens is 228 g/mol. The normalized spacial score (nSPS) is 17.5. The Morgan fingerprint density at radius 2 is 1.84 bits per heavy atom. The Morgan fingerprint density at radius 3 is 2.68 bits per heavy atom. The summed E-state index contributed by atoms with van der Waals surface area (Å²) in [4.78, 5) is 0. The second-order valence-corrected chi connectivity index (χ2v) is 5.82. The van der Waals surface area contributed by atoms with Gasteiger partial charge in [0.1, 0.15) is 0 Å². The van der Waals surface area contributed by atoms with Gasteiger partial charge in [0, 0.05) is 0 Å². The molecule has 4 rings (SSSR count). The van der Waals surface area contributed by atoms with Crippen LogP contribution in [0, 0.1) is 0 Å². The highest BCUT2D eigenvalue weighted by molar-refractivity contribution is 6.12. The molecule has 3 aromatic rings. The van der Waals surface area contributed by atoms with Crippen LogP contribution in [-0.4, -0.2) is 0 Å². The maximum atomic E-state index is 2.42. The molecule has 1 unspecified atom stereocenters. The van der Waals surface area contributed by atoms with Gasteiger partial charge >= 0.3 is 0 Å². The topological polar surface area (TPSA) is 0 Å². The highest BCUT2D eigenvalue weighted by Crippen LogP contribution is 2.40. The molecule has 94 valence electrons. The Balaban J connectivity index is 2.26. The van der Waals surface area contributed by atoms with E-state index in [-0.39, 0.29) is 0 Å². The fraction of sp³-hybridized carbons (Fsp3) is 0.263. The quantitative estimate of drug-likeness (QED) is 0.517. The summed E-state index contributed by atoms with van der Waals surface area (Å²) in [6, 6.07) is 16.1. The second-order valence-electron chi connectivity index (χ2n) is 5.82. The van der Waals surface area contributed by atoms with Gasteiger partial charge < -0.3 is 0 Å². The van der Waals surface area contributed by atoms with Gasteiger partial charge in [-0.15, -0.1) is 0 Å². The molecule has 0 aromatic heterocycles. The summed E-state index contributed by atoms with van der Waals surface area (Å²) in [5, 5.41) is 5.81. The highest BCUT2D eigenvalue weighted by Gasteiger charge is 2.20. The minimum atomic E-state index is 0.633. The van der Waals surface area contributed by atoms with Crippen molar-refractivity contribution in [2.24, 2.45) is 0 Å². The smallest absolute Gasteiger partial charge is 0.00677 e. The summed E-state index contributed by atoms with van der Waals surface area (Å²) in [5.74, 6) is 0.633. The van der Waals surface area contributed by atoms with Crippen molar-refractivity contribution in [1.29, 1.82) is 0 Å². The highest BCUT2D eigenvalue weighted by atomic mass is 14.2. The third kappa shape index (κ3) is 1.46. The molecule has 19 heavy (non-hydrogen) atoms. The minimum Gasteiger partial charge on any atom is -0.0613 e. The van der Waals surface area contributed by atoms with Crippen molar-refractivity contribution in [2.75, 3.05) is 0 Å². The first kappa shape index (κ1) is 11.0. The van der Waals surface area contributed by atoms with Crippen LogP contribution in [0.1, 0.15) is 36.5 Å². The van der Waals surface area contributed by atoms with Crippen molar-refractivity contribution in [3.8, 4) is 0 Å². The van der Waals surface area contributed by atoms with Crippen molar-refractivity contribution in [1.82, 2.24) is 0 Å². The van der Waals surface area contributed by atoms with Crippen LogP contribution in [-0.2, 0) is 12.8 Å².